The van der Waals surface area contributed by atoms with Crippen LogP contribution in [0.25, 0.3) is 0 Å². The molecule has 0 bridgehead atoms. The van der Waals surface area contributed by atoms with Crippen LogP contribution in [0.15, 0.2) is 58.3 Å². The quantitative estimate of drug-likeness (QED) is 0.672. The fraction of sp³-hybridized carbons (Fsp3) is 0.409. The van der Waals surface area contributed by atoms with E-state index < -0.39 is 9.84 Å². The standard InChI is InChI=1S/C22H27NO3S2/c1-3-15-28(25,26)21-14-7-6-13-20(21)27-16(2)22(24)23-19-12-8-10-17-9-4-5-11-18(17)19/h4-7,9,11,13-14,16,19H,3,8,10,12,15H2,1-2H3,(H,23,24). The second-order valence-electron chi connectivity index (χ2n) is 7.18. The largest absolute Gasteiger partial charge is 0.348 e. The summed E-state index contributed by atoms with van der Waals surface area (Å²) in [4.78, 5) is 13.8. The second-order valence-corrected chi connectivity index (χ2v) is 10.6. The predicted octanol–water partition coefficient (Wildman–Crippen LogP) is 4.54. The third-order valence-electron chi connectivity index (χ3n) is 5.02. The maximum atomic E-state index is 12.8. The van der Waals surface area contributed by atoms with Gasteiger partial charge in [-0.15, -0.1) is 11.8 Å². The van der Waals surface area contributed by atoms with Crippen LogP contribution in [-0.2, 0) is 21.1 Å². The van der Waals surface area contributed by atoms with E-state index in [-0.39, 0.29) is 23.0 Å². The zero-order valence-electron chi connectivity index (χ0n) is 16.4. The van der Waals surface area contributed by atoms with Crippen LogP contribution < -0.4 is 5.32 Å². The molecule has 0 saturated carbocycles. The number of carbonyl (C=O) groups excluding carboxylic acids is 1. The molecule has 150 valence electrons. The fourth-order valence-electron chi connectivity index (χ4n) is 3.62. The number of sulfone groups is 1. The van der Waals surface area contributed by atoms with Crippen molar-refractivity contribution >= 4 is 27.5 Å². The van der Waals surface area contributed by atoms with Gasteiger partial charge in [0.1, 0.15) is 0 Å². The van der Waals surface area contributed by atoms with Gasteiger partial charge < -0.3 is 5.32 Å². The first-order valence-electron chi connectivity index (χ1n) is 9.79. The summed E-state index contributed by atoms with van der Waals surface area (Å²) in [6, 6.07) is 15.3. The van der Waals surface area contributed by atoms with Crippen LogP contribution >= 0.6 is 11.8 Å². The number of amides is 1. The molecule has 2 atom stereocenters. The normalized spacial score (nSPS) is 17.6. The molecule has 4 nitrogen and oxygen atoms in total. The van der Waals surface area contributed by atoms with Crippen molar-refractivity contribution in [2.75, 3.05) is 5.75 Å². The second kappa shape index (κ2) is 9.14. The van der Waals surface area contributed by atoms with E-state index in [1.165, 1.54) is 22.9 Å². The molecule has 0 heterocycles. The number of rotatable bonds is 7. The number of thioether (sulfide) groups is 1. The third kappa shape index (κ3) is 4.78. The Kier molecular flexibility index (Phi) is 6.83. The number of fused-ring (bicyclic) bond motifs is 1. The summed E-state index contributed by atoms with van der Waals surface area (Å²) in [6.45, 7) is 3.68. The minimum Gasteiger partial charge on any atom is -0.348 e. The molecule has 0 aromatic heterocycles. The van der Waals surface area contributed by atoms with Crippen molar-refractivity contribution in [3.05, 3.63) is 59.7 Å². The summed E-state index contributed by atoms with van der Waals surface area (Å²) in [5.41, 5.74) is 2.50. The number of aryl methyl sites for hydroxylation is 1. The van der Waals surface area contributed by atoms with Crippen molar-refractivity contribution in [1.29, 1.82) is 0 Å². The molecule has 0 fully saturated rings. The van der Waals surface area contributed by atoms with E-state index in [0.717, 1.165) is 19.3 Å². The molecule has 0 saturated heterocycles. The van der Waals surface area contributed by atoms with Crippen molar-refractivity contribution in [3.63, 3.8) is 0 Å². The molecule has 2 unspecified atom stereocenters. The van der Waals surface area contributed by atoms with Crippen LogP contribution in [0, 0.1) is 0 Å². The lowest BCUT2D eigenvalue weighted by atomic mass is 9.88. The molecule has 3 rings (SSSR count). The Morgan fingerprint density at radius 1 is 1.18 bits per heavy atom. The van der Waals surface area contributed by atoms with Gasteiger partial charge in [-0.05, 0) is 55.9 Å². The summed E-state index contributed by atoms with van der Waals surface area (Å²) in [7, 11) is -3.33. The topological polar surface area (TPSA) is 63.2 Å². The Morgan fingerprint density at radius 2 is 1.89 bits per heavy atom. The monoisotopic (exact) mass is 417 g/mol. The van der Waals surface area contributed by atoms with Crippen molar-refractivity contribution in [2.24, 2.45) is 0 Å². The van der Waals surface area contributed by atoms with Crippen LogP contribution in [0.4, 0.5) is 0 Å². The molecule has 6 heteroatoms. The van der Waals surface area contributed by atoms with Crippen LogP contribution in [0.3, 0.4) is 0 Å². The Balaban J connectivity index is 1.73. The first kappa shape index (κ1) is 20.9. The molecular formula is C22H27NO3S2. The van der Waals surface area contributed by atoms with Gasteiger partial charge in [0.2, 0.25) is 5.91 Å². The van der Waals surface area contributed by atoms with Crippen LogP contribution in [0.5, 0.6) is 0 Å². The van der Waals surface area contributed by atoms with E-state index in [1.54, 1.807) is 18.2 Å². The van der Waals surface area contributed by atoms with E-state index in [1.807, 2.05) is 32.0 Å². The molecule has 0 aliphatic heterocycles. The Hall–Kier alpha value is -1.79. The first-order valence-corrected chi connectivity index (χ1v) is 12.3. The number of hydrogen-bond donors (Lipinski definition) is 1. The van der Waals surface area contributed by atoms with Gasteiger partial charge in [0.15, 0.2) is 9.84 Å². The van der Waals surface area contributed by atoms with Crippen LogP contribution in [0.2, 0.25) is 0 Å². The molecule has 1 amide bonds. The molecule has 2 aromatic carbocycles. The van der Waals surface area contributed by atoms with E-state index in [2.05, 4.69) is 17.4 Å². The highest BCUT2D eigenvalue weighted by molar-refractivity contribution is 8.01. The average molecular weight is 418 g/mol. The average Bonchev–Trinajstić information content (AvgIpc) is 2.68. The molecule has 2 aromatic rings. The Bertz CT molecular complexity index is 940. The zero-order valence-corrected chi connectivity index (χ0v) is 18.0. The lowest BCUT2D eigenvalue weighted by molar-refractivity contribution is -0.121. The van der Waals surface area contributed by atoms with Gasteiger partial charge in [-0.3, -0.25) is 4.79 Å². The first-order chi connectivity index (χ1) is 13.4. The molecule has 1 aliphatic carbocycles. The van der Waals surface area contributed by atoms with Crippen LogP contribution in [0.1, 0.15) is 50.3 Å². The van der Waals surface area contributed by atoms with Crippen LogP contribution in [-0.4, -0.2) is 25.3 Å². The van der Waals surface area contributed by atoms with E-state index in [4.69, 9.17) is 0 Å². The van der Waals surface area contributed by atoms with Gasteiger partial charge in [-0.2, -0.15) is 0 Å². The van der Waals surface area contributed by atoms with E-state index in [0.29, 0.717) is 16.2 Å². The third-order valence-corrected chi connectivity index (χ3v) is 8.29. The summed E-state index contributed by atoms with van der Waals surface area (Å²) >= 11 is 1.31. The molecule has 0 radical (unpaired) electrons. The lowest BCUT2D eigenvalue weighted by Gasteiger charge is -2.27. The summed E-state index contributed by atoms with van der Waals surface area (Å²) in [5, 5.41) is 2.79. The SMILES string of the molecule is CCCS(=O)(=O)c1ccccc1SC(C)C(=O)NC1CCCc2ccccc21. The highest BCUT2D eigenvalue weighted by Crippen LogP contribution is 2.33. The molecule has 1 aliphatic rings. The van der Waals surface area contributed by atoms with Crippen molar-refractivity contribution in [2.45, 2.75) is 60.6 Å². The number of nitrogens with one attached hydrogen (secondary N) is 1. The predicted molar refractivity (Wildman–Crippen MR) is 114 cm³/mol. The molecule has 1 N–H and O–H groups in total. The van der Waals surface area contributed by atoms with Gasteiger partial charge in [0.05, 0.1) is 21.9 Å². The fourth-order valence-corrected chi connectivity index (χ4v) is 6.46. The highest BCUT2D eigenvalue weighted by Gasteiger charge is 2.25. The van der Waals surface area contributed by atoms with Crippen molar-refractivity contribution < 1.29 is 13.2 Å². The van der Waals surface area contributed by atoms with Crippen molar-refractivity contribution in [3.8, 4) is 0 Å². The number of carbonyl (C=O) groups is 1. The maximum absolute atomic E-state index is 12.8. The van der Waals surface area contributed by atoms with Gasteiger partial charge in [0.25, 0.3) is 0 Å². The lowest BCUT2D eigenvalue weighted by Crippen LogP contribution is -2.35. The summed E-state index contributed by atoms with van der Waals surface area (Å²) in [6.07, 6.45) is 3.61. The minimum atomic E-state index is -3.33. The smallest absolute Gasteiger partial charge is 0.233 e. The molecule has 0 spiro atoms. The number of hydrogen-bond acceptors (Lipinski definition) is 4. The summed E-state index contributed by atoms with van der Waals surface area (Å²) < 4.78 is 25.1. The van der Waals surface area contributed by atoms with Gasteiger partial charge in [-0.1, -0.05) is 43.3 Å². The summed E-state index contributed by atoms with van der Waals surface area (Å²) in [5.74, 6) is 0.0543. The highest BCUT2D eigenvalue weighted by atomic mass is 32.2. The zero-order chi connectivity index (χ0) is 20.1. The van der Waals surface area contributed by atoms with E-state index >= 15 is 0 Å². The molecule has 28 heavy (non-hydrogen) atoms. The van der Waals surface area contributed by atoms with Gasteiger partial charge in [0, 0.05) is 4.90 Å². The van der Waals surface area contributed by atoms with Crippen molar-refractivity contribution in [1.82, 2.24) is 5.32 Å². The van der Waals surface area contributed by atoms with Gasteiger partial charge in [-0.25, -0.2) is 8.42 Å². The molecular weight excluding hydrogens is 390 g/mol. The number of benzene rings is 2. The maximum Gasteiger partial charge on any atom is 0.233 e. The Morgan fingerprint density at radius 3 is 2.68 bits per heavy atom. The van der Waals surface area contributed by atoms with E-state index in [9.17, 15) is 13.2 Å². The Labute approximate surface area is 172 Å². The van der Waals surface area contributed by atoms with Gasteiger partial charge >= 0.3 is 0 Å². The minimum absolute atomic E-state index is 0.0274.